The molecule has 0 saturated carbocycles. The highest BCUT2D eigenvalue weighted by Crippen LogP contribution is 2.16. The highest BCUT2D eigenvalue weighted by molar-refractivity contribution is 5.32. The predicted octanol–water partition coefficient (Wildman–Crippen LogP) is 3.76. The number of nitrogens with zero attached hydrogens (tertiary/aromatic N) is 2. The average molecular weight is 292 g/mol. The van der Waals surface area contributed by atoms with Gasteiger partial charge < -0.3 is 4.74 Å². The van der Waals surface area contributed by atoms with Crippen molar-refractivity contribution in [3.63, 3.8) is 0 Å². The van der Waals surface area contributed by atoms with Gasteiger partial charge in [0.25, 0.3) is 0 Å². The minimum absolute atomic E-state index is 0.687. The Labute approximate surface area is 132 Å². The van der Waals surface area contributed by atoms with E-state index in [4.69, 9.17) is 10.00 Å². The fourth-order valence-electron chi connectivity index (χ4n) is 2.34. The Balaban J connectivity index is 2.08. The number of nitriles is 1. The molecule has 0 N–H and O–H groups in total. The molecule has 0 bridgehead atoms. The SMILES string of the molecule is C=CCN(Cc1ccc(C#N)cc1)Cc1cccc(OC)c1. The molecule has 2 aromatic rings. The van der Waals surface area contributed by atoms with E-state index in [0.29, 0.717) is 5.56 Å². The molecule has 0 aliphatic carbocycles. The van der Waals surface area contributed by atoms with Gasteiger partial charge in [0.1, 0.15) is 5.75 Å². The summed E-state index contributed by atoms with van der Waals surface area (Å²) in [5.74, 6) is 0.870. The minimum atomic E-state index is 0.687. The van der Waals surface area contributed by atoms with Gasteiger partial charge in [-0.3, -0.25) is 4.90 Å². The van der Waals surface area contributed by atoms with Gasteiger partial charge in [0, 0.05) is 19.6 Å². The zero-order chi connectivity index (χ0) is 15.8. The van der Waals surface area contributed by atoms with E-state index in [1.165, 1.54) is 11.1 Å². The van der Waals surface area contributed by atoms with Crippen LogP contribution in [0, 0.1) is 11.3 Å². The average Bonchev–Trinajstić information content (AvgIpc) is 2.56. The predicted molar refractivity (Wildman–Crippen MR) is 88.5 cm³/mol. The molecule has 22 heavy (non-hydrogen) atoms. The zero-order valence-electron chi connectivity index (χ0n) is 12.8. The van der Waals surface area contributed by atoms with E-state index in [1.807, 2.05) is 42.5 Å². The molecule has 0 heterocycles. The van der Waals surface area contributed by atoms with Gasteiger partial charge in [-0.1, -0.05) is 30.3 Å². The summed E-state index contributed by atoms with van der Waals surface area (Å²) in [6.07, 6.45) is 1.91. The fourth-order valence-corrected chi connectivity index (χ4v) is 2.34. The molecular weight excluding hydrogens is 272 g/mol. The van der Waals surface area contributed by atoms with Crippen molar-refractivity contribution in [1.82, 2.24) is 4.90 Å². The van der Waals surface area contributed by atoms with Gasteiger partial charge in [-0.25, -0.2) is 0 Å². The van der Waals surface area contributed by atoms with Gasteiger partial charge in [0.05, 0.1) is 18.7 Å². The molecule has 0 radical (unpaired) electrons. The molecule has 0 atom stereocenters. The van der Waals surface area contributed by atoms with Crippen LogP contribution in [0.3, 0.4) is 0 Å². The van der Waals surface area contributed by atoms with Crippen LogP contribution in [0.2, 0.25) is 0 Å². The van der Waals surface area contributed by atoms with Gasteiger partial charge in [-0.15, -0.1) is 6.58 Å². The molecular formula is C19H20N2O. The van der Waals surface area contributed by atoms with E-state index in [2.05, 4.69) is 29.7 Å². The third kappa shape index (κ3) is 4.47. The lowest BCUT2D eigenvalue weighted by Crippen LogP contribution is -2.22. The van der Waals surface area contributed by atoms with Crippen LogP contribution in [-0.4, -0.2) is 18.6 Å². The summed E-state index contributed by atoms with van der Waals surface area (Å²) in [6.45, 7) is 6.28. The Morgan fingerprint density at radius 2 is 1.86 bits per heavy atom. The van der Waals surface area contributed by atoms with Crippen molar-refractivity contribution in [2.45, 2.75) is 13.1 Å². The Morgan fingerprint density at radius 3 is 2.50 bits per heavy atom. The molecule has 3 heteroatoms. The third-order valence-corrected chi connectivity index (χ3v) is 3.42. The van der Waals surface area contributed by atoms with Crippen molar-refractivity contribution in [3.05, 3.63) is 77.9 Å². The quantitative estimate of drug-likeness (QED) is 0.729. The van der Waals surface area contributed by atoms with Gasteiger partial charge in [-0.2, -0.15) is 5.26 Å². The highest BCUT2D eigenvalue weighted by Gasteiger charge is 2.06. The van der Waals surface area contributed by atoms with Crippen molar-refractivity contribution < 1.29 is 4.74 Å². The minimum Gasteiger partial charge on any atom is -0.497 e. The van der Waals surface area contributed by atoms with Gasteiger partial charge >= 0.3 is 0 Å². The maximum Gasteiger partial charge on any atom is 0.119 e. The number of rotatable bonds is 7. The van der Waals surface area contributed by atoms with Crippen molar-refractivity contribution in [3.8, 4) is 11.8 Å². The normalized spacial score (nSPS) is 10.2. The molecule has 0 spiro atoms. The Bertz CT molecular complexity index is 656. The topological polar surface area (TPSA) is 36.3 Å². The lowest BCUT2D eigenvalue weighted by molar-refractivity contribution is 0.285. The first-order chi connectivity index (χ1) is 10.7. The second-order valence-electron chi connectivity index (χ2n) is 5.12. The molecule has 0 amide bonds. The molecule has 0 aliphatic heterocycles. The van der Waals surface area contributed by atoms with Crippen LogP contribution in [0.4, 0.5) is 0 Å². The molecule has 2 rings (SSSR count). The van der Waals surface area contributed by atoms with Crippen LogP contribution in [0.1, 0.15) is 16.7 Å². The van der Waals surface area contributed by atoms with Crippen LogP contribution in [0.15, 0.2) is 61.2 Å². The largest absolute Gasteiger partial charge is 0.497 e. The summed E-state index contributed by atoms with van der Waals surface area (Å²) < 4.78 is 5.27. The van der Waals surface area contributed by atoms with Gasteiger partial charge in [0.15, 0.2) is 0 Å². The fraction of sp³-hybridized carbons (Fsp3) is 0.211. The first-order valence-corrected chi connectivity index (χ1v) is 7.20. The second kappa shape index (κ2) is 8.02. The first kappa shape index (κ1) is 15.8. The lowest BCUT2D eigenvalue weighted by atomic mass is 10.1. The maximum absolute atomic E-state index is 8.85. The monoisotopic (exact) mass is 292 g/mol. The maximum atomic E-state index is 8.85. The Kier molecular flexibility index (Phi) is 5.76. The van der Waals surface area contributed by atoms with E-state index < -0.39 is 0 Å². The molecule has 112 valence electrons. The van der Waals surface area contributed by atoms with Gasteiger partial charge in [-0.05, 0) is 35.4 Å². The van der Waals surface area contributed by atoms with E-state index in [0.717, 1.165) is 25.4 Å². The number of hydrogen-bond donors (Lipinski definition) is 0. The summed E-state index contributed by atoms with van der Waals surface area (Å²) >= 11 is 0. The van der Waals surface area contributed by atoms with Crippen molar-refractivity contribution in [1.29, 1.82) is 5.26 Å². The lowest BCUT2D eigenvalue weighted by Gasteiger charge is -2.21. The van der Waals surface area contributed by atoms with Crippen molar-refractivity contribution >= 4 is 0 Å². The summed E-state index contributed by atoms with van der Waals surface area (Å²) in [6, 6.07) is 17.9. The standard InChI is InChI=1S/C19H20N2O/c1-3-11-21(14-17-9-7-16(13-20)8-10-17)15-18-5-4-6-19(12-18)22-2/h3-10,12H,1,11,14-15H2,2H3. The van der Waals surface area contributed by atoms with E-state index in [-0.39, 0.29) is 0 Å². The smallest absolute Gasteiger partial charge is 0.119 e. The van der Waals surface area contributed by atoms with E-state index >= 15 is 0 Å². The molecule has 0 fully saturated rings. The number of ether oxygens (including phenoxy) is 1. The van der Waals surface area contributed by atoms with Crippen LogP contribution < -0.4 is 4.74 Å². The van der Waals surface area contributed by atoms with Gasteiger partial charge in [0.2, 0.25) is 0 Å². The second-order valence-corrected chi connectivity index (χ2v) is 5.12. The molecule has 2 aromatic carbocycles. The molecule has 0 saturated heterocycles. The summed E-state index contributed by atoms with van der Waals surface area (Å²) in [4.78, 5) is 2.29. The van der Waals surface area contributed by atoms with Crippen LogP contribution >= 0.6 is 0 Å². The molecule has 0 aliphatic rings. The molecule has 0 aromatic heterocycles. The number of methoxy groups -OCH3 is 1. The molecule has 3 nitrogen and oxygen atoms in total. The van der Waals surface area contributed by atoms with Crippen LogP contribution in [0.5, 0.6) is 5.75 Å². The Hall–Kier alpha value is -2.57. The van der Waals surface area contributed by atoms with E-state index in [1.54, 1.807) is 7.11 Å². The van der Waals surface area contributed by atoms with Crippen LogP contribution in [-0.2, 0) is 13.1 Å². The van der Waals surface area contributed by atoms with E-state index in [9.17, 15) is 0 Å². The summed E-state index contributed by atoms with van der Waals surface area (Å²) in [5.41, 5.74) is 3.07. The highest BCUT2D eigenvalue weighted by atomic mass is 16.5. The van der Waals surface area contributed by atoms with Crippen molar-refractivity contribution in [2.24, 2.45) is 0 Å². The summed E-state index contributed by atoms with van der Waals surface area (Å²) in [5, 5.41) is 8.85. The molecule has 0 unspecified atom stereocenters. The number of hydrogen-bond acceptors (Lipinski definition) is 3. The third-order valence-electron chi connectivity index (χ3n) is 3.42. The first-order valence-electron chi connectivity index (χ1n) is 7.20. The van der Waals surface area contributed by atoms with Crippen LogP contribution in [0.25, 0.3) is 0 Å². The zero-order valence-corrected chi connectivity index (χ0v) is 12.8. The summed E-state index contributed by atoms with van der Waals surface area (Å²) in [7, 11) is 1.68. The number of benzene rings is 2. The van der Waals surface area contributed by atoms with Crippen molar-refractivity contribution in [2.75, 3.05) is 13.7 Å². The Morgan fingerprint density at radius 1 is 1.14 bits per heavy atom.